The summed E-state index contributed by atoms with van der Waals surface area (Å²) in [5.41, 5.74) is 4.31. The molecule has 0 radical (unpaired) electrons. The van der Waals surface area contributed by atoms with Gasteiger partial charge in [-0.1, -0.05) is 35.9 Å². The molecule has 0 aliphatic carbocycles. The number of carbonyl (C=O) groups excluding carboxylic acids is 1. The summed E-state index contributed by atoms with van der Waals surface area (Å²) in [5, 5.41) is 2.97. The maximum absolute atomic E-state index is 12.3. The highest BCUT2D eigenvalue weighted by molar-refractivity contribution is 5.77. The Hall–Kier alpha value is -2.53. The van der Waals surface area contributed by atoms with Gasteiger partial charge in [-0.3, -0.25) is 4.79 Å². The standard InChI is InChI=1S/C22H30N2O3/c1-15-11-16(2)22(17(3)12-15)27-14-21(25)23-13-19(24(4)5)18-9-7-8-10-20(18)26-6/h7-12,19H,13-14H2,1-6H3,(H,23,25). The molecule has 2 aromatic carbocycles. The molecule has 1 atom stereocenters. The van der Waals surface area contributed by atoms with Crippen LogP contribution in [0.3, 0.4) is 0 Å². The molecule has 1 unspecified atom stereocenters. The zero-order valence-electron chi connectivity index (χ0n) is 17.1. The van der Waals surface area contributed by atoms with Gasteiger partial charge in [0.15, 0.2) is 6.61 Å². The van der Waals surface area contributed by atoms with Crippen LogP contribution in [0.2, 0.25) is 0 Å². The van der Waals surface area contributed by atoms with Gasteiger partial charge >= 0.3 is 0 Å². The lowest BCUT2D eigenvalue weighted by molar-refractivity contribution is -0.123. The molecular formula is C22H30N2O3. The Balaban J connectivity index is 1.99. The molecule has 0 aliphatic heterocycles. The quantitative estimate of drug-likeness (QED) is 0.774. The lowest BCUT2D eigenvalue weighted by Crippen LogP contribution is -2.37. The Morgan fingerprint density at radius 1 is 1.11 bits per heavy atom. The van der Waals surface area contributed by atoms with E-state index in [9.17, 15) is 4.79 Å². The number of amides is 1. The van der Waals surface area contributed by atoms with Gasteiger partial charge in [-0.15, -0.1) is 0 Å². The molecule has 0 bridgehead atoms. The van der Waals surface area contributed by atoms with Gasteiger partial charge in [-0.25, -0.2) is 0 Å². The predicted molar refractivity (Wildman–Crippen MR) is 109 cm³/mol. The zero-order valence-corrected chi connectivity index (χ0v) is 17.1. The summed E-state index contributed by atoms with van der Waals surface area (Å²) in [6.45, 7) is 6.52. The van der Waals surface area contributed by atoms with E-state index in [1.165, 1.54) is 5.56 Å². The Morgan fingerprint density at radius 3 is 2.33 bits per heavy atom. The van der Waals surface area contributed by atoms with Crippen molar-refractivity contribution < 1.29 is 14.3 Å². The number of carbonyl (C=O) groups is 1. The molecule has 1 N–H and O–H groups in total. The largest absolute Gasteiger partial charge is 0.496 e. The molecule has 0 saturated heterocycles. The molecule has 2 aromatic rings. The lowest BCUT2D eigenvalue weighted by atomic mass is 10.0. The minimum absolute atomic E-state index is 0.00316. The van der Waals surface area contributed by atoms with E-state index in [0.29, 0.717) is 6.54 Å². The molecule has 146 valence electrons. The van der Waals surface area contributed by atoms with Gasteiger partial charge in [0.2, 0.25) is 0 Å². The number of nitrogens with one attached hydrogen (secondary N) is 1. The Kier molecular flexibility index (Phi) is 7.25. The molecule has 0 aromatic heterocycles. The van der Waals surface area contributed by atoms with Crippen molar-refractivity contribution in [2.45, 2.75) is 26.8 Å². The summed E-state index contributed by atoms with van der Waals surface area (Å²) in [6.07, 6.45) is 0. The first-order valence-electron chi connectivity index (χ1n) is 9.10. The number of rotatable bonds is 8. The minimum Gasteiger partial charge on any atom is -0.496 e. The average molecular weight is 370 g/mol. The monoisotopic (exact) mass is 370 g/mol. The first-order chi connectivity index (χ1) is 12.8. The molecule has 0 fully saturated rings. The van der Waals surface area contributed by atoms with Crippen LogP contribution < -0.4 is 14.8 Å². The number of hydrogen-bond donors (Lipinski definition) is 1. The number of para-hydroxylation sites is 1. The van der Waals surface area contributed by atoms with Crippen molar-refractivity contribution in [3.63, 3.8) is 0 Å². The third-order valence-electron chi connectivity index (χ3n) is 4.57. The number of methoxy groups -OCH3 is 1. The van der Waals surface area contributed by atoms with Gasteiger partial charge in [0.1, 0.15) is 11.5 Å². The van der Waals surface area contributed by atoms with E-state index < -0.39 is 0 Å². The van der Waals surface area contributed by atoms with Crippen LogP contribution in [0.25, 0.3) is 0 Å². The fourth-order valence-corrected chi connectivity index (χ4v) is 3.31. The summed E-state index contributed by atoms with van der Waals surface area (Å²) in [6, 6.07) is 12.0. The van der Waals surface area contributed by atoms with Crippen LogP contribution in [0.4, 0.5) is 0 Å². The molecule has 27 heavy (non-hydrogen) atoms. The van der Waals surface area contributed by atoms with Gasteiger partial charge in [-0.05, 0) is 52.1 Å². The van der Waals surface area contributed by atoms with Crippen LogP contribution in [0.5, 0.6) is 11.5 Å². The third-order valence-corrected chi connectivity index (χ3v) is 4.57. The van der Waals surface area contributed by atoms with E-state index in [-0.39, 0.29) is 18.6 Å². The van der Waals surface area contributed by atoms with Crippen LogP contribution in [0, 0.1) is 20.8 Å². The summed E-state index contributed by atoms with van der Waals surface area (Å²) in [5.74, 6) is 1.45. The van der Waals surface area contributed by atoms with Crippen LogP contribution >= 0.6 is 0 Å². The normalized spacial score (nSPS) is 12.0. The van der Waals surface area contributed by atoms with E-state index in [2.05, 4.69) is 29.3 Å². The predicted octanol–water partition coefficient (Wildman–Crippen LogP) is 3.42. The lowest BCUT2D eigenvalue weighted by Gasteiger charge is -2.26. The maximum atomic E-state index is 12.3. The van der Waals surface area contributed by atoms with Crippen LogP contribution in [0.15, 0.2) is 36.4 Å². The van der Waals surface area contributed by atoms with Gasteiger partial charge in [0.25, 0.3) is 5.91 Å². The highest BCUT2D eigenvalue weighted by Gasteiger charge is 2.19. The molecule has 0 spiro atoms. The zero-order chi connectivity index (χ0) is 20.0. The van der Waals surface area contributed by atoms with Gasteiger partial charge in [0, 0.05) is 12.1 Å². The number of likely N-dealkylation sites (N-methyl/N-ethyl adjacent to an activating group) is 1. The molecular weight excluding hydrogens is 340 g/mol. The number of benzene rings is 2. The summed E-state index contributed by atoms with van der Waals surface area (Å²) in [4.78, 5) is 14.4. The Labute approximate surface area is 162 Å². The highest BCUT2D eigenvalue weighted by atomic mass is 16.5. The third kappa shape index (κ3) is 5.47. The average Bonchev–Trinajstić information content (AvgIpc) is 2.61. The van der Waals surface area contributed by atoms with Crippen molar-refractivity contribution in [1.82, 2.24) is 10.2 Å². The van der Waals surface area contributed by atoms with Crippen molar-refractivity contribution in [2.24, 2.45) is 0 Å². The Morgan fingerprint density at radius 2 is 1.74 bits per heavy atom. The van der Waals surface area contributed by atoms with Crippen molar-refractivity contribution in [3.05, 3.63) is 58.7 Å². The topological polar surface area (TPSA) is 50.8 Å². The SMILES string of the molecule is COc1ccccc1C(CNC(=O)COc1c(C)cc(C)cc1C)N(C)C. The van der Waals surface area contributed by atoms with Crippen molar-refractivity contribution >= 4 is 5.91 Å². The van der Waals surface area contributed by atoms with Crippen molar-refractivity contribution in [1.29, 1.82) is 0 Å². The molecule has 5 nitrogen and oxygen atoms in total. The van der Waals surface area contributed by atoms with Crippen molar-refractivity contribution in [3.8, 4) is 11.5 Å². The second-order valence-corrected chi connectivity index (χ2v) is 7.04. The molecule has 1 amide bonds. The number of ether oxygens (including phenoxy) is 2. The van der Waals surface area contributed by atoms with E-state index in [1.54, 1.807) is 7.11 Å². The molecule has 5 heteroatoms. The first kappa shape index (κ1) is 20.8. The number of aryl methyl sites for hydroxylation is 3. The smallest absolute Gasteiger partial charge is 0.258 e. The van der Waals surface area contributed by atoms with E-state index >= 15 is 0 Å². The van der Waals surface area contributed by atoms with Gasteiger partial charge in [0.05, 0.1) is 13.2 Å². The highest BCUT2D eigenvalue weighted by Crippen LogP contribution is 2.27. The van der Waals surface area contributed by atoms with E-state index in [1.807, 2.05) is 52.2 Å². The summed E-state index contributed by atoms with van der Waals surface area (Å²) >= 11 is 0. The first-order valence-corrected chi connectivity index (χ1v) is 9.10. The van der Waals surface area contributed by atoms with Crippen LogP contribution in [-0.4, -0.2) is 45.2 Å². The van der Waals surface area contributed by atoms with Crippen LogP contribution in [0.1, 0.15) is 28.3 Å². The van der Waals surface area contributed by atoms with E-state index in [0.717, 1.165) is 28.2 Å². The van der Waals surface area contributed by atoms with Crippen LogP contribution in [-0.2, 0) is 4.79 Å². The second-order valence-electron chi connectivity index (χ2n) is 7.04. The molecule has 0 saturated carbocycles. The van der Waals surface area contributed by atoms with Crippen molar-refractivity contribution in [2.75, 3.05) is 34.4 Å². The molecule has 0 aliphatic rings. The number of hydrogen-bond acceptors (Lipinski definition) is 4. The summed E-state index contributed by atoms with van der Waals surface area (Å²) in [7, 11) is 5.63. The van der Waals surface area contributed by atoms with Gasteiger partial charge in [-0.2, -0.15) is 0 Å². The van der Waals surface area contributed by atoms with Gasteiger partial charge < -0.3 is 19.7 Å². The maximum Gasteiger partial charge on any atom is 0.258 e. The van der Waals surface area contributed by atoms with E-state index in [4.69, 9.17) is 9.47 Å². The molecule has 0 heterocycles. The summed E-state index contributed by atoms with van der Waals surface area (Å²) < 4.78 is 11.2. The second kappa shape index (κ2) is 9.42. The number of nitrogens with zero attached hydrogens (tertiary/aromatic N) is 1. The molecule has 2 rings (SSSR count). The Bertz CT molecular complexity index is 764. The fraction of sp³-hybridized carbons (Fsp3) is 0.409. The minimum atomic E-state index is -0.142. The fourth-order valence-electron chi connectivity index (χ4n) is 3.31.